The van der Waals surface area contributed by atoms with Crippen LogP contribution >= 0.6 is 0 Å². The van der Waals surface area contributed by atoms with Crippen LogP contribution in [0.3, 0.4) is 0 Å². The van der Waals surface area contributed by atoms with Crippen molar-refractivity contribution < 1.29 is 22.3 Å². The fourth-order valence-corrected chi connectivity index (χ4v) is 4.88. The number of piperazine rings is 1. The molecule has 2 aromatic rings. The first-order chi connectivity index (χ1) is 14.8. The largest absolute Gasteiger partial charge is 0.484 e. The van der Waals surface area contributed by atoms with Gasteiger partial charge in [0.25, 0.3) is 5.91 Å². The van der Waals surface area contributed by atoms with E-state index >= 15 is 0 Å². The van der Waals surface area contributed by atoms with Gasteiger partial charge in [0.2, 0.25) is 10.0 Å². The number of sulfonamides is 1. The summed E-state index contributed by atoms with van der Waals surface area (Å²) in [4.78, 5) is 14.0. The Balaban J connectivity index is 1.35. The van der Waals surface area contributed by atoms with Crippen LogP contribution in [0.2, 0.25) is 0 Å². The Morgan fingerprint density at radius 2 is 1.81 bits per heavy atom. The Morgan fingerprint density at radius 1 is 1.10 bits per heavy atom. The number of aryl methyl sites for hydroxylation is 1. The van der Waals surface area contributed by atoms with Crippen molar-refractivity contribution in [1.82, 2.24) is 9.62 Å². The molecule has 31 heavy (non-hydrogen) atoms. The summed E-state index contributed by atoms with van der Waals surface area (Å²) in [5, 5.41) is 2.64. The number of hydrogen-bond acceptors (Lipinski definition) is 5. The van der Waals surface area contributed by atoms with E-state index in [1.807, 2.05) is 25.1 Å². The first-order valence-electron chi connectivity index (χ1n) is 10.3. The molecule has 1 heterocycles. The van der Waals surface area contributed by atoms with Crippen molar-refractivity contribution in [2.24, 2.45) is 0 Å². The van der Waals surface area contributed by atoms with E-state index < -0.39 is 10.0 Å². The van der Waals surface area contributed by atoms with Crippen LogP contribution in [0, 0.1) is 12.7 Å². The van der Waals surface area contributed by atoms with Gasteiger partial charge in [0.1, 0.15) is 11.6 Å². The van der Waals surface area contributed by atoms with Crippen molar-refractivity contribution in [3.05, 3.63) is 59.9 Å². The molecule has 1 fully saturated rings. The maximum absolute atomic E-state index is 12.8. The summed E-state index contributed by atoms with van der Waals surface area (Å²) in [5.41, 5.74) is 2.29. The van der Waals surface area contributed by atoms with Gasteiger partial charge in [-0.15, -0.1) is 0 Å². The number of ether oxygens (including phenoxy) is 1. The molecule has 168 valence electrons. The molecule has 7 nitrogen and oxygen atoms in total. The molecular formula is C22H28FN3O4S. The number of hydrogen-bond donors (Lipinski definition) is 1. The number of nitrogens with one attached hydrogen (secondary N) is 1. The molecule has 0 spiro atoms. The fraction of sp³-hybridized carbons (Fsp3) is 0.409. The molecule has 0 unspecified atom stereocenters. The normalized spacial score (nSPS) is 15.0. The van der Waals surface area contributed by atoms with Crippen LogP contribution < -0.4 is 15.0 Å². The molecule has 0 radical (unpaired) electrons. The van der Waals surface area contributed by atoms with Gasteiger partial charge >= 0.3 is 0 Å². The third-order valence-electron chi connectivity index (χ3n) is 5.08. The van der Waals surface area contributed by atoms with E-state index in [-0.39, 0.29) is 30.6 Å². The minimum Gasteiger partial charge on any atom is -0.484 e. The molecule has 0 aliphatic carbocycles. The zero-order valence-electron chi connectivity index (χ0n) is 17.6. The van der Waals surface area contributed by atoms with Crippen molar-refractivity contribution in [3.8, 4) is 5.75 Å². The number of halogens is 1. The van der Waals surface area contributed by atoms with Crippen LogP contribution in [0.4, 0.5) is 10.1 Å². The zero-order valence-corrected chi connectivity index (χ0v) is 18.4. The van der Waals surface area contributed by atoms with Gasteiger partial charge in [-0.2, -0.15) is 4.31 Å². The van der Waals surface area contributed by atoms with Crippen LogP contribution in [0.5, 0.6) is 5.75 Å². The van der Waals surface area contributed by atoms with Gasteiger partial charge in [-0.25, -0.2) is 12.8 Å². The van der Waals surface area contributed by atoms with Gasteiger partial charge in [-0.3, -0.25) is 4.79 Å². The van der Waals surface area contributed by atoms with Gasteiger partial charge in [0, 0.05) is 38.4 Å². The first-order valence-corrected chi connectivity index (χ1v) is 11.9. The number of rotatable bonds is 9. The highest BCUT2D eigenvalue weighted by Gasteiger charge is 2.26. The summed E-state index contributed by atoms with van der Waals surface area (Å²) in [7, 11) is -3.37. The van der Waals surface area contributed by atoms with Crippen molar-refractivity contribution >= 4 is 21.6 Å². The third-order valence-corrected chi connectivity index (χ3v) is 7.04. The summed E-state index contributed by atoms with van der Waals surface area (Å²) >= 11 is 0. The minimum atomic E-state index is -3.37. The molecule has 1 N–H and O–H groups in total. The molecule has 2 aromatic carbocycles. The van der Waals surface area contributed by atoms with E-state index in [0.29, 0.717) is 38.3 Å². The molecule has 1 amide bonds. The maximum Gasteiger partial charge on any atom is 0.257 e. The topological polar surface area (TPSA) is 79.0 Å². The van der Waals surface area contributed by atoms with Crippen molar-refractivity contribution in [1.29, 1.82) is 0 Å². The monoisotopic (exact) mass is 449 g/mol. The van der Waals surface area contributed by atoms with Gasteiger partial charge in [0.15, 0.2) is 6.61 Å². The second kappa shape index (κ2) is 10.6. The second-order valence-electron chi connectivity index (χ2n) is 7.49. The number of benzene rings is 2. The average Bonchev–Trinajstić information content (AvgIpc) is 2.76. The molecule has 1 aliphatic heterocycles. The highest BCUT2D eigenvalue weighted by molar-refractivity contribution is 7.89. The molecule has 3 rings (SSSR count). The highest BCUT2D eigenvalue weighted by atomic mass is 32.2. The summed E-state index contributed by atoms with van der Waals surface area (Å²) in [6.45, 7) is 4.29. The van der Waals surface area contributed by atoms with Crippen LogP contribution in [0.15, 0.2) is 48.5 Å². The highest BCUT2D eigenvalue weighted by Crippen LogP contribution is 2.19. The van der Waals surface area contributed by atoms with E-state index in [1.165, 1.54) is 34.1 Å². The lowest BCUT2D eigenvalue weighted by Crippen LogP contribution is -2.49. The quantitative estimate of drug-likeness (QED) is 0.594. The second-order valence-corrected chi connectivity index (χ2v) is 9.58. The van der Waals surface area contributed by atoms with Crippen molar-refractivity contribution in [2.45, 2.75) is 13.3 Å². The summed E-state index contributed by atoms with van der Waals surface area (Å²) in [5.74, 6) is -0.358. The Kier molecular flexibility index (Phi) is 7.86. The van der Waals surface area contributed by atoms with E-state index in [1.54, 1.807) is 0 Å². The van der Waals surface area contributed by atoms with Gasteiger partial charge in [0.05, 0.1) is 5.75 Å². The van der Waals surface area contributed by atoms with Crippen LogP contribution in [0.25, 0.3) is 0 Å². The molecule has 1 aliphatic rings. The summed E-state index contributed by atoms with van der Waals surface area (Å²) in [6, 6.07) is 13.6. The Labute approximate surface area is 182 Å². The van der Waals surface area contributed by atoms with Gasteiger partial charge in [-0.05, 0) is 55.3 Å². The van der Waals surface area contributed by atoms with Crippen molar-refractivity contribution in [2.75, 3.05) is 50.0 Å². The van der Waals surface area contributed by atoms with Crippen molar-refractivity contribution in [3.63, 3.8) is 0 Å². The Morgan fingerprint density at radius 3 is 2.48 bits per heavy atom. The molecular weight excluding hydrogens is 421 g/mol. The molecule has 0 aromatic heterocycles. The predicted molar refractivity (Wildman–Crippen MR) is 118 cm³/mol. The lowest BCUT2D eigenvalue weighted by Gasteiger charge is -2.35. The third kappa shape index (κ3) is 6.93. The Hall–Kier alpha value is -2.65. The first kappa shape index (κ1) is 23.0. The lowest BCUT2D eigenvalue weighted by atomic mass is 10.2. The standard InChI is InChI=1S/C22H28FN3O4S/c1-18-4-2-5-20(16-18)25-11-13-26(14-12-25)31(28,29)15-3-10-24-22(27)17-30-21-8-6-19(23)7-9-21/h2,4-9,16H,3,10-15,17H2,1H3,(H,24,27). The van der Waals surface area contributed by atoms with E-state index in [4.69, 9.17) is 4.74 Å². The molecule has 0 saturated carbocycles. The Bertz CT molecular complexity index is 975. The van der Waals surface area contributed by atoms with E-state index in [2.05, 4.69) is 16.3 Å². The average molecular weight is 450 g/mol. The van der Waals surface area contributed by atoms with Crippen LogP contribution in [-0.4, -0.2) is 63.7 Å². The van der Waals surface area contributed by atoms with E-state index in [0.717, 1.165) is 5.69 Å². The summed E-state index contributed by atoms with van der Waals surface area (Å²) in [6.07, 6.45) is 0.322. The summed E-state index contributed by atoms with van der Waals surface area (Å²) < 4.78 is 44.8. The fourth-order valence-electron chi connectivity index (χ4n) is 3.39. The molecule has 0 atom stereocenters. The van der Waals surface area contributed by atoms with Gasteiger partial charge in [-0.1, -0.05) is 12.1 Å². The number of nitrogens with zero attached hydrogens (tertiary/aromatic N) is 2. The molecule has 1 saturated heterocycles. The minimum absolute atomic E-state index is 0.0173. The molecule has 9 heteroatoms. The van der Waals surface area contributed by atoms with E-state index in [9.17, 15) is 17.6 Å². The number of amides is 1. The van der Waals surface area contributed by atoms with Crippen LogP contribution in [-0.2, 0) is 14.8 Å². The number of anilines is 1. The lowest BCUT2D eigenvalue weighted by molar-refractivity contribution is -0.123. The number of carbonyl (C=O) groups is 1. The smallest absolute Gasteiger partial charge is 0.257 e. The zero-order chi connectivity index (χ0) is 22.3. The maximum atomic E-state index is 12.8. The molecule has 0 bridgehead atoms. The van der Waals surface area contributed by atoms with Crippen LogP contribution in [0.1, 0.15) is 12.0 Å². The SMILES string of the molecule is Cc1cccc(N2CCN(S(=O)(=O)CCCNC(=O)COc3ccc(F)cc3)CC2)c1. The number of carbonyl (C=O) groups excluding carboxylic acids is 1. The van der Waals surface area contributed by atoms with Gasteiger partial charge < -0.3 is 15.0 Å². The predicted octanol–water partition coefficient (Wildman–Crippen LogP) is 2.17.